The van der Waals surface area contributed by atoms with Gasteiger partial charge < -0.3 is 18.6 Å². The van der Waals surface area contributed by atoms with E-state index in [1.165, 1.54) is 7.11 Å². The fourth-order valence-corrected chi connectivity index (χ4v) is 2.12. The van der Waals surface area contributed by atoms with E-state index in [1.54, 1.807) is 19.4 Å². The molecule has 0 unspecified atom stereocenters. The standard InChI is InChI=1S/C15H20N2O4/c1-4-21-13-8-14-16-11(6-5-7-19-2)9-17(14)10-12(13)15(18)20-3/h8-10H,4-7H2,1-3H3. The largest absolute Gasteiger partial charge is 0.493 e. The lowest BCUT2D eigenvalue weighted by Gasteiger charge is -2.09. The summed E-state index contributed by atoms with van der Waals surface area (Å²) < 4.78 is 17.1. The number of pyridine rings is 1. The van der Waals surface area contributed by atoms with E-state index in [2.05, 4.69) is 4.98 Å². The van der Waals surface area contributed by atoms with E-state index in [0.29, 0.717) is 24.5 Å². The van der Waals surface area contributed by atoms with Crippen molar-refractivity contribution in [3.63, 3.8) is 0 Å². The normalized spacial score (nSPS) is 10.8. The third kappa shape index (κ3) is 3.52. The smallest absolute Gasteiger partial charge is 0.343 e. The molecule has 0 N–H and O–H groups in total. The van der Waals surface area contributed by atoms with Gasteiger partial charge in [-0.05, 0) is 19.8 Å². The first-order valence-corrected chi connectivity index (χ1v) is 6.91. The monoisotopic (exact) mass is 292 g/mol. The lowest BCUT2D eigenvalue weighted by atomic mass is 10.2. The van der Waals surface area contributed by atoms with Gasteiger partial charge in [-0.2, -0.15) is 0 Å². The minimum atomic E-state index is -0.421. The number of hydrogen-bond acceptors (Lipinski definition) is 5. The van der Waals surface area contributed by atoms with Crippen LogP contribution in [0.15, 0.2) is 18.5 Å². The second-order valence-electron chi connectivity index (χ2n) is 4.57. The van der Waals surface area contributed by atoms with Crippen molar-refractivity contribution in [2.24, 2.45) is 0 Å². The maximum absolute atomic E-state index is 11.8. The SMILES string of the molecule is CCOc1cc2nc(CCCOC)cn2cc1C(=O)OC. The van der Waals surface area contributed by atoms with E-state index in [4.69, 9.17) is 14.2 Å². The van der Waals surface area contributed by atoms with Gasteiger partial charge in [-0.3, -0.25) is 0 Å². The number of aromatic nitrogens is 2. The van der Waals surface area contributed by atoms with E-state index in [0.717, 1.165) is 24.2 Å². The molecule has 0 spiro atoms. The van der Waals surface area contributed by atoms with Gasteiger partial charge in [-0.15, -0.1) is 0 Å². The van der Waals surface area contributed by atoms with Crippen molar-refractivity contribution in [1.29, 1.82) is 0 Å². The van der Waals surface area contributed by atoms with Crippen LogP contribution in [0.3, 0.4) is 0 Å². The molecule has 21 heavy (non-hydrogen) atoms. The number of carbonyl (C=O) groups is 1. The molecule has 0 amide bonds. The molecule has 0 aromatic carbocycles. The van der Waals surface area contributed by atoms with Crippen molar-refractivity contribution in [1.82, 2.24) is 9.38 Å². The molecule has 0 radical (unpaired) electrons. The van der Waals surface area contributed by atoms with E-state index in [-0.39, 0.29) is 0 Å². The first kappa shape index (κ1) is 15.3. The molecule has 6 heteroatoms. The number of rotatable bonds is 7. The van der Waals surface area contributed by atoms with Crippen LogP contribution >= 0.6 is 0 Å². The first-order chi connectivity index (χ1) is 10.2. The van der Waals surface area contributed by atoms with Crippen LogP contribution in [0.2, 0.25) is 0 Å². The fourth-order valence-electron chi connectivity index (χ4n) is 2.12. The predicted molar refractivity (Wildman–Crippen MR) is 77.9 cm³/mol. The summed E-state index contributed by atoms with van der Waals surface area (Å²) in [5.74, 6) is 0.0703. The summed E-state index contributed by atoms with van der Waals surface area (Å²) in [6.07, 6.45) is 5.34. The second-order valence-corrected chi connectivity index (χ2v) is 4.57. The van der Waals surface area contributed by atoms with E-state index in [9.17, 15) is 4.79 Å². The maximum atomic E-state index is 11.8. The fraction of sp³-hybridized carbons (Fsp3) is 0.467. The first-order valence-electron chi connectivity index (χ1n) is 6.91. The Morgan fingerprint density at radius 1 is 1.33 bits per heavy atom. The molecule has 6 nitrogen and oxygen atoms in total. The van der Waals surface area contributed by atoms with E-state index < -0.39 is 5.97 Å². The minimum absolute atomic E-state index is 0.396. The van der Waals surface area contributed by atoms with Crippen LogP contribution in [0.25, 0.3) is 5.65 Å². The summed E-state index contributed by atoms with van der Waals surface area (Å²) in [7, 11) is 3.03. The van der Waals surface area contributed by atoms with Gasteiger partial charge in [0.15, 0.2) is 0 Å². The number of aryl methyl sites for hydroxylation is 1. The van der Waals surface area contributed by atoms with Gasteiger partial charge in [0.1, 0.15) is 17.0 Å². The zero-order chi connectivity index (χ0) is 15.2. The minimum Gasteiger partial charge on any atom is -0.493 e. The molecule has 2 rings (SSSR count). The van der Waals surface area contributed by atoms with Crippen LogP contribution in [-0.4, -0.2) is 42.8 Å². The summed E-state index contributed by atoms with van der Waals surface area (Å²) in [6, 6.07) is 1.76. The zero-order valence-electron chi connectivity index (χ0n) is 12.6. The molecule has 114 valence electrons. The van der Waals surface area contributed by atoms with Crippen molar-refractivity contribution in [3.8, 4) is 5.75 Å². The van der Waals surface area contributed by atoms with Gasteiger partial charge in [0, 0.05) is 32.2 Å². The summed E-state index contributed by atoms with van der Waals surface area (Å²) in [6.45, 7) is 3.04. The Morgan fingerprint density at radius 2 is 2.14 bits per heavy atom. The molecule has 0 saturated heterocycles. The van der Waals surface area contributed by atoms with Crippen LogP contribution in [0.4, 0.5) is 0 Å². The molecule has 2 heterocycles. The highest BCUT2D eigenvalue weighted by Gasteiger charge is 2.16. The van der Waals surface area contributed by atoms with Crippen LogP contribution in [0.5, 0.6) is 5.75 Å². The molecule has 2 aromatic rings. The van der Waals surface area contributed by atoms with Gasteiger partial charge in [-0.25, -0.2) is 9.78 Å². The van der Waals surface area contributed by atoms with Gasteiger partial charge in [0.2, 0.25) is 0 Å². The third-order valence-corrected chi connectivity index (χ3v) is 3.09. The van der Waals surface area contributed by atoms with Crippen LogP contribution < -0.4 is 4.74 Å². The molecule has 0 fully saturated rings. The molecule has 2 aromatic heterocycles. The number of methoxy groups -OCH3 is 2. The van der Waals surface area contributed by atoms with Crippen molar-refractivity contribution in [2.45, 2.75) is 19.8 Å². The molecular formula is C15H20N2O4. The zero-order valence-corrected chi connectivity index (χ0v) is 12.6. The topological polar surface area (TPSA) is 62.1 Å². The van der Waals surface area contributed by atoms with Crippen molar-refractivity contribution < 1.29 is 19.0 Å². The number of carbonyl (C=O) groups excluding carboxylic acids is 1. The predicted octanol–water partition coefficient (Wildman–Crippen LogP) is 2.10. The Balaban J connectivity index is 2.34. The number of ether oxygens (including phenoxy) is 3. The second kappa shape index (κ2) is 7.08. The molecule has 0 aliphatic carbocycles. The Morgan fingerprint density at radius 3 is 2.81 bits per heavy atom. The number of fused-ring (bicyclic) bond motifs is 1. The number of hydrogen-bond donors (Lipinski definition) is 0. The number of esters is 1. The molecule has 0 bridgehead atoms. The van der Waals surface area contributed by atoms with Crippen molar-refractivity contribution in [3.05, 3.63) is 29.7 Å². The Bertz CT molecular complexity index is 621. The van der Waals surface area contributed by atoms with Crippen LogP contribution in [0.1, 0.15) is 29.4 Å². The van der Waals surface area contributed by atoms with E-state index in [1.807, 2.05) is 17.5 Å². The quantitative estimate of drug-likeness (QED) is 0.577. The Kier molecular flexibility index (Phi) is 5.16. The average molecular weight is 292 g/mol. The molecule has 0 aliphatic rings. The summed E-state index contributed by atoms with van der Waals surface area (Å²) >= 11 is 0. The molecular weight excluding hydrogens is 272 g/mol. The third-order valence-electron chi connectivity index (χ3n) is 3.09. The van der Waals surface area contributed by atoms with Crippen LogP contribution in [0, 0.1) is 0 Å². The van der Waals surface area contributed by atoms with Gasteiger partial charge in [-0.1, -0.05) is 0 Å². The van der Waals surface area contributed by atoms with Gasteiger partial charge >= 0.3 is 5.97 Å². The van der Waals surface area contributed by atoms with Crippen molar-refractivity contribution >= 4 is 11.6 Å². The van der Waals surface area contributed by atoms with Gasteiger partial charge in [0.25, 0.3) is 0 Å². The maximum Gasteiger partial charge on any atom is 0.343 e. The van der Waals surface area contributed by atoms with Crippen LogP contribution in [-0.2, 0) is 15.9 Å². The number of imidazole rings is 1. The van der Waals surface area contributed by atoms with Gasteiger partial charge in [0.05, 0.1) is 19.4 Å². The number of nitrogens with zero attached hydrogens (tertiary/aromatic N) is 2. The highest BCUT2D eigenvalue weighted by molar-refractivity contribution is 5.92. The average Bonchev–Trinajstić information content (AvgIpc) is 2.88. The summed E-state index contributed by atoms with van der Waals surface area (Å²) in [4.78, 5) is 16.3. The molecule has 0 saturated carbocycles. The Hall–Kier alpha value is -2.08. The molecule has 0 atom stereocenters. The lowest BCUT2D eigenvalue weighted by Crippen LogP contribution is -2.07. The summed E-state index contributed by atoms with van der Waals surface area (Å²) in [5.41, 5.74) is 2.10. The van der Waals surface area contributed by atoms with Crippen molar-refractivity contribution in [2.75, 3.05) is 27.4 Å². The van der Waals surface area contributed by atoms with E-state index >= 15 is 0 Å². The highest BCUT2D eigenvalue weighted by atomic mass is 16.5. The highest BCUT2D eigenvalue weighted by Crippen LogP contribution is 2.22. The lowest BCUT2D eigenvalue weighted by molar-refractivity contribution is 0.0595. The molecule has 0 aliphatic heterocycles. The Labute approximate surface area is 123 Å². The summed E-state index contributed by atoms with van der Waals surface area (Å²) in [5, 5.41) is 0.